The summed E-state index contributed by atoms with van der Waals surface area (Å²) < 4.78 is 16.3. The molecule has 36 heavy (non-hydrogen) atoms. The zero-order valence-corrected chi connectivity index (χ0v) is 21.6. The molecule has 2 aliphatic rings. The van der Waals surface area contributed by atoms with Crippen LogP contribution >= 0.6 is 11.6 Å². The number of carbonyl (C=O) groups excluding carboxylic acids is 2. The third-order valence-corrected chi connectivity index (χ3v) is 7.25. The van der Waals surface area contributed by atoms with E-state index in [9.17, 15) is 9.59 Å². The molecule has 1 unspecified atom stereocenters. The second-order valence-electron chi connectivity index (χ2n) is 9.21. The molecule has 0 spiro atoms. The van der Waals surface area contributed by atoms with Gasteiger partial charge in [0.25, 0.3) is 5.91 Å². The minimum atomic E-state index is -0.233. The van der Waals surface area contributed by atoms with Gasteiger partial charge < -0.3 is 24.4 Å². The van der Waals surface area contributed by atoms with Crippen LogP contribution in [-0.2, 0) is 9.59 Å². The first-order valence-electron chi connectivity index (χ1n) is 12.4. The van der Waals surface area contributed by atoms with Gasteiger partial charge in [0.2, 0.25) is 5.91 Å². The monoisotopic (exact) mass is 515 g/mol. The van der Waals surface area contributed by atoms with Crippen molar-refractivity contribution in [3.63, 3.8) is 0 Å². The number of ether oxygens (including phenoxy) is 3. The lowest BCUT2D eigenvalue weighted by molar-refractivity contribution is -0.136. The Morgan fingerprint density at radius 1 is 0.972 bits per heavy atom. The van der Waals surface area contributed by atoms with Crippen LogP contribution in [-0.4, -0.2) is 74.7 Å². The summed E-state index contributed by atoms with van der Waals surface area (Å²) in [6.45, 7) is 2.40. The fourth-order valence-corrected chi connectivity index (χ4v) is 5.22. The zero-order chi connectivity index (χ0) is 25.5. The first kappa shape index (κ1) is 26.1. The van der Waals surface area contributed by atoms with E-state index in [2.05, 4.69) is 10.2 Å². The number of hydrogen-bond donors (Lipinski definition) is 1. The molecule has 9 heteroatoms. The quantitative estimate of drug-likeness (QED) is 0.542. The minimum Gasteiger partial charge on any atom is -0.493 e. The minimum absolute atomic E-state index is 0.0139. The summed E-state index contributed by atoms with van der Waals surface area (Å²) in [7, 11) is 3.16. The number of nitrogens with zero attached hydrogens (tertiary/aromatic N) is 2. The van der Waals surface area contributed by atoms with E-state index in [1.54, 1.807) is 50.6 Å². The fraction of sp³-hybridized carbons (Fsp3) is 0.481. The molecule has 0 radical (unpaired) electrons. The van der Waals surface area contributed by atoms with Crippen LogP contribution in [0.15, 0.2) is 42.5 Å². The van der Waals surface area contributed by atoms with E-state index in [1.165, 1.54) is 0 Å². The number of rotatable bonds is 9. The van der Waals surface area contributed by atoms with Gasteiger partial charge in [-0.25, -0.2) is 0 Å². The summed E-state index contributed by atoms with van der Waals surface area (Å²) in [5.74, 6) is 2.03. The first-order chi connectivity index (χ1) is 17.5. The second-order valence-corrected chi connectivity index (χ2v) is 9.64. The highest BCUT2D eigenvalue weighted by Crippen LogP contribution is 2.33. The largest absolute Gasteiger partial charge is 0.493 e. The highest BCUT2D eigenvalue weighted by Gasteiger charge is 2.37. The zero-order valence-electron chi connectivity index (χ0n) is 20.9. The lowest BCUT2D eigenvalue weighted by Crippen LogP contribution is -2.57. The van der Waals surface area contributed by atoms with Crippen LogP contribution in [0.4, 0.5) is 5.69 Å². The number of methoxy groups -OCH3 is 2. The molecule has 194 valence electrons. The van der Waals surface area contributed by atoms with Gasteiger partial charge in [-0.3, -0.25) is 14.5 Å². The smallest absolute Gasteiger partial charge is 0.260 e. The summed E-state index contributed by atoms with van der Waals surface area (Å²) in [4.78, 5) is 30.3. The van der Waals surface area contributed by atoms with Gasteiger partial charge >= 0.3 is 0 Å². The lowest BCUT2D eigenvalue weighted by atomic mass is 9.95. The van der Waals surface area contributed by atoms with Crippen molar-refractivity contribution in [3.05, 3.63) is 47.5 Å². The van der Waals surface area contributed by atoms with E-state index in [0.29, 0.717) is 60.1 Å². The van der Waals surface area contributed by atoms with Gasteiger partial charge in [-0.05, 0) is 55.2 Å². The van der Waals surface area contributed by atoms with E-state index in [0.717, 1.165) is 25.7 Å². The molecular weight excluding hydrogens is 482 g/mol. The maximum Gasteiger partial charge on any atom is 0.260 e. The Morgan fingerprint density at radius 3 is 2.28 bits per heavy atom. The first-order valence-corrected chi connectivity index (χ1v) is 12.8. The number of hydrogen-bond acceptors (Lipinski definition) is 6. The van der Waals surface area contributed by atoms with Crippen LogP contribution in [0, 0.1) is 5.92 Å². The molecule has 8 nitrogen and oxygen atoms in total. The number of benzene rings is 2. The molecule has 1 atom stereocenters. The molecule has 2 aromatic carbocycles. The molecular formula is C27H34ClN3O5. The van der Waals surface area contributed by atoms with Crippen molar-refractivity contribution in [2.75, 3.05) is 52.3 Å². The molecule has 4 rings (SSSR count). The van der Waals surface area contributed by atoms with Gasteiger partial charge in [0.15, 0.2) is 18.1 Å². The number of anilines is 1. The van der Waals surface area contributed by atoms with Crippen LogP contribution in [0.25, 0.3) is 0 Å². The van der Waals surface area contributed by atoms with Gasteiger partial charge in [-0.1, -0.05) is 24.4 Å². The highest BCUT2D eigenvalue weighted by molar-refractivity contribution is 6.30. The molecule has 0 aromatic heterocycles. The van der Waals surface area contributed by atoms with Crippen molar-refractivity contribution in [1.82, 2.24) is 9.80 Å². The molecule has 1 N–H and O–H groups in total. The Hall–Kier alpha value is -2.97. The molecule has 0 bridgehead atoms. The maximum absolute atomic E-state index is 13.5. The number of amides is 2. The van der Waals surface area contributed by atoms with Gasteiger partial charge in [0.1, 0.15) is 5.75 Å². The molecule has 1 aliphatic carbocycles. The van der Waals surface area contributed by atoms with Crippen LogP contribution in [0.3, 0.4) is 0 Å². The van der Waals surface area contributed by atoms with Gasteiger partial charge in [0, 0.05) is 43.0 Å². The lowest BCUT2D eigenvalue weighted by Gasteiger charge is -2.40. The fourth-order valence-electron chi connectivity index (χ4n) is 5.10. The van der Waals surface area contributed by atoms with Crippen molar-refractivity contribution in [1.29, 1.82) is 0 Å². The van der Waals surface area contributed by atoms with Crippen molar-refractivity contribution in [2.45, 2.75) is 31.7 Å². The van der Waals surface area contributed by atoms with E-state index >= 15 is 0 Å². The standard InChI is InChI=1S/C27H34ClN3O5/c1-34-23-12-9-21(17-24(23)35-2)29-27(33)26(19-5-3-4-6-19)31-15-13-30(14-16-31)25(32)18-36-22-10-7-20(28)8-11-22/h7-12,17,19,26H,3-6,13-16,18H2,1-2H3,(H,29,33). The molecule has 2 fully saturated rings. The summed E-state index contributed by atoms with van der Waals surface area (Å²) in [6, 6.07) is 12.1. The summed E-state index contributed by atoms with van der Waals surface area (Å²) in [5.41, 5.74) is 0.675. The van der Waals surface area contributed by atoms with E-state index < -0.39 is 0 Å². The van der Waals surface area contributed by atoms with Crippen molar-refractivity contribution < 1.29 is 23.8 Å². The van der Waals surface area contributed by atoms with Crippen LogP contribution < -0.4 is 19.5 Å². The van der Waals surface area contributed by atoms with Crippen LogP contribution in [0.1, 0.15) is 25.7 Å². The number of nitrogens with one attached hydrogen (secondary N) is 1. The van der Waals surface area contributed by atoms with Crippen molar-refractivity contribution in [2.24, 2.45) is 5.92 Å². The SMILES string of the molecule is COc1ccc(NC(=O)C(C2CCCC2)N2CCN(C(=O)COc3ccc(Cl)cc3)CC2)cc1OC. The topological polar surface area (TPSA) is 80.3 Å². The predicted molar refractivity (Wildman–Crippen MR) is 139 cm³/mol. The predicted octanol–water partition coefficient (Wildman–Crippen LogP) is 4.08. The van der Waals surface area contributed by atoms with Crippen LogP contribution in [0.5, 0.6) is 17.2 Å². The van der Waals surface area contributed by atoms with E-state index in [-0.39, 0.29) is 24.5 Å². The Kier molecular flexibility index (Phi) is 8.93. The Bertz CT molecular complexity index is 1030. The van der Waals surface area contributed by atoms with Gasteiger partial charge in [-0.15, -0.1) is 0 Å². The second kappa shape index (κ2) is 12.3. The molecule has 2 amide bonds. The van der Waals surface area contributed by atoms with Crippen molar-refractivity contribution in [3.8, 4) is 17.2 Å². The third-order valence-electron chi connectivity index (χ3n) is 7.00. The van der Waals surface area contributed by atoms with Crippen molar-refractivity contribution >= 4 is 29.1 Å². The number of piperazine rings is 1. The number of halogens is 1. The molecule has 1 saturated carbocycles. The van der Waals surface area contributed by atoms with Gasteiger partial charge in [0.05, 0.1) is 20.3 Å². The summed E-state index contributed by atoms with van der Waals surface area (Å²) in [6.07, 6.45) is 4.37. The normalized spacial score (nSPS) is 17.5. The van der Waals surface area contributed by atoms with Gasteiger partial charge in [-0.2, -0.15) is 0 Å². The molecule has 1 heterocycles. The van der Waals surface area contributed by atoms with E-state index in [1.807, 2.05) is 11.0 Å². The molecule has 2 aromatic rings. The average molecular weight is 516 g/mol. The average Bonchev–Trinajstić information content (AvgIpc) is 3.43. The van der Waals surface area contributed by atoms with Crippen LogP contribution in [0.2, 0.25) is 5.02 Å². The highest BCUT2D eigenvalue weighted by atomic mass is 35.5. The summed E-state index contributed by atoms with van der Waals surface area (Å²) in [5, 5.41) is 3.71. The summed E-state index contributed by atoms with van der Waals surface area (Å²) >= 11 is 5.90. The Balaban J connectivity index is 1.36. The molecule has 1 saturated heterocycles. The maximum atomic E-state index is 13.5. The third kappa shape index (κ3) is 6.42. The molecule has 1 aliphatic heterocycles. The van der Waals surface area contributed by atoms with E-state index in [4.69, 9.17) is 25.8 Å². The Morgan fingerprint density at radius 2 is 1.64 bits per heavy atom. The Labute approximate surface area is 217 Å². The number of carbonyl (C=O) groups is 2.